The molecule has 0 radical (unpaired) electrons. The van der Waals surface area contributed by atoms with Gasteiger partial charge in [0.15, 0.2) is 11.5 Å². The van der Waals surface area contributed by atoms with Gasteiger partial charge in [0.25, 0.3) is 11.8 Å². The van der Waals surface area contributed by atoms with Crippen LogP contribution in [0.3, 0.4) is 0 Å². The molecule has 0 unspecified atom stereocenters. The minimum absolute atomic E-state index is 0.0522. The number of aryl methyl sites for hydroxylation is 1. The molecule has 3 rings (SSSR count). The normalized spacial score (nSPS) is 10.3. The molecule has 3 N–H and O–H groups in total. The van der Waals surface area contributed by atoms with Crippen LogP contribution in [0, 0.1) is 6.92 Å². The molecule has 35 heavy (non-hydrogen) atoms. The topological polar surface area (TPSA) is 106 Å². The number of nitrogens with one attached hydrogen (secondary N) is 3. The number of carbonyl (C=O) groups is 3. The lowest BCUT2D eigenvalue weighted by Crippen LogP contribution is -2.42. The second-order valence-corrected chi connectivity index (χ2v) is 7.67. The molecule has 0 saturated carbocycles. The van der Waals surface area contributed by atoms with Crippen molar-refractivity contribution in [3.05, 3.63) is 89.0 Å². The van der Waals surface area contributed by atoms with Gasteiger partial charge in [-0.1, -0.05) is 24.3 Å². The van der Waals surface area contributed by atoms with E-state index < -0.39 is 5.91 Å². The van der Waals surface area contributed by atoms with Gasteiger partial charge in [-0.25, -0.2) is 0 Å². The first-order chi connectivity index (χ1) is 16.9. The summed E-state index contributed by atoms with van der Waals surface area (Å²) >= 11 is 0. The fourth-order valence-corrected chi connectivity index (χ4v) is 3.36. The zero-order chi connectivity index (χ0) is 25.2. The van der Waals surface area contributed by atoms with Gasteiger partial charge < -0.3 is 14.8 Å². The fourth-order valence-electron chi connectivity index (χ4n) is 3.36. The highest BCUT2D eigenvalue weighted by Crippen LogP contribution is 2.28. The van der Waals surface area contributed by atoms with Gasteiger partial charge in [-0.05, 0) is 74.4 Å². The number of anilines is 1. The van der Waals surface area contributed by atoms with Crippen molar-refractivity contribution < 1.29 is 23.9 Å². The van der Waals surface area contributed by atoms with Gasteiger partial charge in [-0.2, -0.15) is 0 Å². The number of carbonyl (C=O) groups excluding carboxylic acids is 3. The SMILES string of the molecule is CCOc1ccc(CC(=O)NNC(=O)c2ccc(NC(=O)c3ccccc3C)cc2)cc1OCC. The Labute approximate surface area is 204 Å². The van der Waals surface area contributed by atoms with Crippen molar-refractivity contribution in [1.82, 2.24) is 10.9 Å². The standard InChI is InChI=1S/C27H29N3O5/c1-4-34-23-15-10-19(16-24(23)35-5-2)17-25(31)29-30-26(32)20-11-13-21(14-12-20)28-27(33)22-9-7-6-8-18(22)3/h6-16H,4-5,17H2,1-3H3,(H,28,33)(H,29,31)(H,30,32). The Morgan fingerprint density at radius 1 is 0.771 bits per heavy atom. The van der Waals surface area contributed by atoms with Gasteiger partial charge in [0.05, 0.1) is 19.6 Å². The van der Waals surface area contributed by atoms with Crippen LogP contribution in [0.5, 0.6) is 11.5 Å². The van der Waals surface area contributed by atoms with Crippen molar-refractivity contribution in [2.75, 3.05) is 18.5 Å². The molecule has 0 saturated heterocycles. The summed E-state index contributed by atoms with van der Waals surface area (Å²) < 4.78 is 11.1. The summed E-state index contributed by atoms with van der Waals surface area (Å²) in [6.07, 6.45) is 0.0522. The Bertz CT molecular complexity index is 1190. The van der Waals surface area contributed by atoms with Gasteiger partial charge in [-0.15, -0.1) is 0 Å². The molecule has 3 aromatic rings. The molecule has 8 heteroatoms. The van der Waals surface area contributed by atoms with Crippen LogP contribution in [-0.4, -0.2) is 30.9 Å². The number of amides is 3. The minimum atomic E-state index is -0.475. The van der Waals surface area contributed by atoms with Crippen molar-refractivity contribution in [3.63, 3.8) is 0 Å². The lowest BCUT2D eigenvalue weighted by Gasteiger charge is -2.13. The summed E-state index contributed by atoms with van der Waals surface area (Å²) in [6.45, 7) is 6.60. The minimum Gasteiger partial charge on any atom is -0.490 e. The molecule has 0 aromatic heterocycles. The second-order valence-electron chi connectivity index (χ2n) is 7.67. The molecule has 0 spiro atoms. The highest BCUT2D eigenvalue weighted by molar-refractivity contribution is 6.05. The van der Waals surface area contributed by atoms with Gasteiger partial charge >= 0.3 is 0 Å². The van der Waals surface area contributed by atoms with Crippen LogP contribution in [-0.2, 0) is 11.2 Å². The summed E-state index contributed by atoms with van der Waals surface area (Å²) in [5.74, 6) is 0.0990. The average Bonchev–Trinajstić information content (AvgIpc) is 2.85. The summed E-state index contributed by atoms with van der Waals surface area (Å²) in [7, 11) is 0. The number of rotatable bonds is 9. The Morgan fingerprint density at radius 2 is 1.46 bits per heavy atom. The third kappa shape index (κ3) is 7.07. The molecule has 0 atom stereocenters. The Hall–Kier alpha value is -4.33. The Morgan fingerprint density at radius 3 is 2.14 bits per heavy atom. The lowest BCUT2D eigenvalue weighted by molar-refractivity contribution is -0.121. The predicted molar refractivity (Wildman–Crippen MR) is 134 cm³/mol. The fraction of sp³-hybridized carbons (Fsp3) is 0.222. The third-order valence-electron chi connectivity index (χ3n) is 5.08. The zero-order valence-electron chi connectivity index (χ0n) is 20.0. The van der Waals surface area contributed by atoms with Crippen molar-refractivity contribution >= 4 is 23.4 Å². The maximum Gasteiger partial charge on any atom is 0.269 e. The van der Waals surface area contributed by atoms with E-state index >= 15 is 0 Å². The van der Waals surface area contributed by atoms with Crippen molar-refractivity contribution in [2.45, 2.75) is 27.2 Å². The van der Waals surface area contributed by atoms with Crippen molar-refractivity contribution in [1.29, 1.82) is 0 Å². The number of hydrazine groups is 1. The summed E-state index contributed by atoms with van der Waals surface area (Å²) in [5, 5.41) is 2.81. The van der Waals surface area contributed by atoms with Crippen LogP contribution < -0.4 is 25.6 Å². The van der Waals surface area contributed by atoms with Crippen LogP contribution in [0.4, 0.5) is 5.69 Å². The van der Waals surface area contributed by atoms with Crippen molar-refractivity contribution in [2.24, 2.45) is 0 Å². The first-order valence-electron chi connectivity index (χ1n) is 11.4. The first kappa shape index (κ1) is 25.3. The number of ether oxygens (including phenoxy) is 2. The summed E-state index contributed by atoms with van der Waals surface area (Å²) in [5.41, 5.74) is 7.88. The Balaban J connectivity index is 1.53. The highest BCUT2D eigenvalue weighted by atomic mass is 16.5. The van der Waals surface area contributed by atoms with Crippen LogP contribution in [0.25, 0.3) is 0 Å². The van der Waals surface area contributed by atoms with Crippen LogP contribution in [0.15, 0.2) is 66.7 Å². The van der Waals surface area contributed by atoms with Gasteiger partial charge in [0.2, 0.25) is 5.91 Å². The molecular weight excluding hydrogens is 446 g/mol. The van der Waals surface area contributed by atoms with Crippen molar-refractivity contribution in [3.8, 4) is 11.5 Å². The van der Waals surface area contributed by atoms with E-state index in [0.29, 0.717) is 41.5 Å². The van der Waals surface area contributed by atoms with E-state index in [9.17, 15) is 14.4 Å². The number of benzene rings is 3. The zero-order valence-corrected chi connectivity index (χ0v) is 20.0. The average molecular weight is 476 g/mol. The van der Waals surface area contributed by atoms with E-state index in [2.05, 4.69) is 16.2 Å². The molecule has 0 fully saturated rings. The van der Waals surface area contributed by atoms with Gasteiger partial charge in [0, 0.05) is 16.8 Å². The quantitative estimate of drug-likeness (QED) is 0.405. The molecule has 0 bridgehead atoms. The van der Waals surface area contributed by atoms with Gasteiger partial charge in [0.1, 0.15) is 0 Å². The molecule has 182 valence electrons. The second kappa shape index (κ2) is 12.2. The molecule has 0 aliphatic rings. The summed E-state index contributed by atoms with van der Waals surface area (Å²) in [6, 6.07) is 19.0. The molecule has 0 aliphatic heterocycles. The monoisotopic (exact) mass is 475 g/mol. The van der Waals surface area contributed by atoms with Gasteiger partial charge in [-0.3, -0.25) is 25.2 Å². The maximum atomic E-state index is 12.4. The largest absolute Gasteiger partial charge is 0.490 e. The molecule has 0 heterocycles. The van der Waals surface area contributed by atoms with E-state index in [1.165, 1.54) is 0 Å². The maximum absolute atomic E-state index is 12.4. The molecular formula is C27H29N3O5. The highest BCUT2D eigenvalue weighted by Gasteiger charge is 2.12. The third-order valence-corrected chi connectivity index (χ3v) is 5.08. The van der Waals surface area contributed by atoms with E-state index in [-0.39, 0.29) is 18.2 Å². The van der Waals surface area contributed by atoms with E-state index in [4.69, 9.17) is 9.47 Å². The van der Waals surface area contributed by atoms with Crippen LogP contribution in [0.1, 0.15) is 45.7 Å². The first-order valence-corrected chi connectivity index (χ1v) is 11.4. The van der Waals surface area contributed by atoms with E-state index in [0.717, 1.165) is 11.1 Å². The number of hydrogen-bond donors (Lipinski definition) is 3. The molecule has 0 aliphatic carbocycles. The predicted octanol–water partition coefficient (Wildman–Crippen LogP) is 4.05. The van der Waals surface area contributed by atoms with Crippen LogP contribution >= 0.6 is 0 Å². The summed E-state index contributed by atoms with van der Waals surface area (Å²) in [4.78, 5) is 37.2. The smallest absolute Gasteiger partial charge is 0.269 e. The Kier molecular flexibility index (Phi) is 8.83. The van der Waals surface area contributed by atoms with Crippen LogP contribution in [0.2, 0.25) is 0 Å². The van der Waals surface area contributed by atoms with E-state index in [1.807, 2.05) is 32.9 Å². The lowest BCUT2D eigenvalue weighted by atomic mass is 10.1. The van der Waals surface area contributed by atoms with E-state index in [1.54, 1.807) is 54.6 Å². The molecule has 8 nitrogen and oxygen atoms in total. The molecule has 3 amide bonds. The number of hydrogen-bond acceptors (Lipinski definition) is 5. The molecule has 3 aromatic carbocycles.